The summed E-state index contributed by atoms with van der Waals surface area (Å²) in [6.07, 6.45) is 6.81. The first-order valence-electron chi connectivity index (χ1n) is 13.4. The maximum Gasteiger partial charge on any atom is 0.335 e. The minimum atomic E-state index is -0.913. The molecule has 0 amide bonds. The molecule has 1 N–H and O–H groups in total. The Morgan fingerprint density at radius 2 is 1.45 bits per heavy atom. The van der Waals surface area contributed by atoms with E-state index in [1.165, 1.54) is 48.9 Å². The van der Waals surface area contributed by atoms with Gasteiger partial charge in [0.2, 0.25) is 0 Å². The summed E-state index contributed by atoms with van der Waals surface area (Å²) in [4.78, 5) is 20.3. The monoisotopic (exact) mass is 525 g/mol. The maximum atomic E-state index is 11.1. The molecule has 0 saturated heterocycles. The highest BCUT2D eigenvalue weighted by atomic mass is 32.1. The topological polar surface area (TPSA) is 56.7 Å². The van der Waals surface area contributed by atoms with E-state index < -0.39 is 5.97 Å². The van der Waals surface area contributed by atoms with Crippen LogP contribution in [0.4, 0.5) is 11.4 Å². The molecule has 1 aromatic heterocycles. The first-order valence-corrected chi connectivity index (χ1v) is 14.2. The van der Waals surface area contributed by atoms with Gasteiger partial charge in [-0.25, -0.2) is 9.78 Å². The quantitative estimate of drug-likeness (QED) is 0.241. The number of aromatic nitrogens is 1. The van der Waals surface area contributed by atoms with E-state index in [2.05, 4.69) is 70.8 Å². The van der Waals surface area contributed by atoms with Gasteiger partial charge in [-0.05, 0) is 66.3 Å². The van der Waals surface area contributed by atoms with Crippen LogP contribution in [0.5, 0.6) is 0 Å². The molecule has 1 aliphatic carbocycles. The van der Waals surface area contributed by atoms with Crippen LogP contribution in [0.25, 0.3) is 11.3 Å². The van der Waals surface area contributed by atoms with Gasteiger partial charge in [0, 0.05) is 43.0 Å². The van der Waals surface area contributed by atoms with Crippen LogP contribution in [-0.4, -0.2) is 30.2 Å². The molecule has 0 spiro atoms. The maximum absolute atomic E-state index is 11.1. The molecule has 1 aliphatic rings. The second-order valence-corrected chi connectivity index (χ2v) is 11.3. The summed E-state index contributed by atoms with van der Waals surface area (Å²) in [6.45, 7) is 1.54. The molecule has 0 aliphatic heterocycles. The number of nitrogens with zero attached hydrogens (tertiary/aromatic N) is 3. The molecule has 196 valence electrons. The summed E-state index contributed by atoms with van der Waals surface area (Å²) in [6, 6.07) is 24.8. The Morgan fingerprint density at radius 3 is 2.08 bits per heavy atom. The molecule has 0 unspecified atom stereocenters. The van der Waals surface area contributed by atoms with Crippen LogP contribution in [0.1, 0.15) is 64.5 Å². The van der Waals surface area contributed by atoms with Crippen molar-refractivity contribution in [1.29, 1.82) is 0 Å². The number of thiazole rings is 1. The standard InChI is InChI=1S/C32H35N3O2S/c1-34(20-23-8-10-25(11-9-23)24-6-4-3-5-7-24)28-16-12-26(13-17-28)30-22-38-31(33-30)21-35(2)29-18-14-27(15-19-29)32(36)37/h8-19,22,24H,3-7,20-21H2,1-2H3,(H,36,37). The zero-order valence-corrected chi connectivity index (χ0v) is 23.0. The smallest absolute Gasteiger partial charge is 0.335 e. The lowest BCUT2D eigenvalue weighted by atomic mass is 9.84. The molecule has 4 aromatic rings. The second kappa shape index (κ2) is 11.8. The first kappa shape index (κ1) is 26.0. The van der Waals surface area contributed by atoms with Gasteiger partial charge < -0.3 is 14.9 Å². The van der Waals surface area contributed by atoms with Crippen LogP contribution >= 0.6 is 11.3 Å². The average Bonchev–Trinajstić information content (AvgIpc) is 3.42. The van der Waals surface area contributed by atoms with E-state index in [4.69, 9.17) is 10.1 Å². The number of hydrogen-bond acceptors (Lipinski definition) is 5. The van der Waals surface area contributed by atoms with Crippen LogP contribution in [0, 0.1) is 0 Å². The van der Waals surface area contributed by atoms with E-state index >= 15 is 0 Å². The summed E-state index contributed by atoms with van der Waals surface area (Å²) in [5.41, 5.74) is 7.36. The van der Waals surface area contributed by atoms with Gasteiger partial charge in [-0.1, -0.05) is 55.7 Å². The molecule has 6 heteroatoms. The molecule has 0 atom stereocenters. The van der Waals surface area contributed by atoms with E-state index in [-0.39, 0.29) is 0 Å². The van der Waals surface area contributed by atoms with Crippen molar-refractivity contribution in [3.8, 4) is 11.3 Å². The Bertz CT molecular complexity index is 1340. The Labute approximate surface area is 229 Å². The largest absolute Gasteiger partial charge is 0.478 e. The Morgan fingerprint density at radius 1 is 0.842 bits per heavy atom. The van der Waals surface area contributed by atoms with Gasteiger partial charge in [0.1, 0.15) is 5.01 Å². The van der Waals surface area contributed by atoms with Crippen LogP contribution in [0.2, 0.25) is 0 Å². The van der Waals surface area contributed by atoms with E-state index in [9.17, 15) is 4.79 Å². The van der Waals surface area contributed by atoms with E-state index in [1.54, 1.807) is 23.5 Å². The minimum Gasteiger partial charge on any atom is -0.478 e. The highest BCUT2D eigenvalue weighted by molar-refractivity contribution is 7.10. The van der Waals surface area contributed by atoms with E-state index in [0.29, 0.717) is 12.1 Å². The lowest BCUT2D eigenvalue weighted by molar-refractivity contribution is 0.0697. The molecule has 1 saturated carbocycles. The van der Waals surface area contributed by atoms with Gasteiger partial charge in [0.05, 0.1) is 17.8 Å². The van der Waals surface area contributed by atoms with Crippen molar-refractivity contribution >= 4 is 28.7 Å². The summed E-state index contributed by atoms with van der Waals surface area (Å²) < 4.78 is 0. The van der Waals surface area contributed by atoms with E-state index in [0.717, 1.165) is 34.4 Å². The van der Waals surface area contributed by atoms with E-state index in [1.807, 2.05) is 19.2 Å². The Hall–Kier alpha value is -3.64. The molecule has 3 aromatic carbocycles. The summed E-state index contributed by atoms with van der Waals surface area (Å²) in [5, 5.41) is 12.2. The highest BCUT2D eigenvalue weighted by Crippen LogP contribution is 2.33. The molecule has 5 nitrogen and oxygen atoms in total. The lowest BCUT2D eigenvalue weighted by Crippen LogP contribution is -2.16. The van der Waals surface area contributed by atoms with Gasteiger partial charge in [-0.2, -0.15) is 0 Å². The van der Waals surface area contributed by atoms with Crippen LogP contribution in [0.3, 0.4) is 0 Å². The SMILES string of the molecule is CN(Cc1ccc(C2CCCCC2)cc1)c1ccc(-c2csc(CN(C)c3ccc(C(=O)O)cc3)n2)cc1. The predicted octanol–water partition coefficient (Wildman–Crippen LogP) is 7.83. The second-order valence-electron chi connectivity index (χ2n) is 10.3. The van der Waals surface area contributed by atoms with Gasteiger partial charge in [-0.3, -0.25) is 0 Å². The fourth-order valence-corrected chi connectivity index (χ4v) is 6.11. The minimum absolute atomic E-state index is 0.292. The lowest BCUT2D eigenvalue weighted by Gasteiger charge is -2.23. The highest BCUT2D eigenvalue weighted by Gasteiger charge is 2.15. The third-order valence-electron chi connectivity index (χ3n) is 7.56. The predicted molar refractivity (Wildman–Crippen MR) is 157 cm³/mol. The van der Waals surface area contributed by atoms with Crippen molar-refractivity contribution in [3.63, 3.8) is 0 Å². The molecule has 1 heterocycles. The van der Waals surface area contributed by atoms with Gasteiger partial charge in [0.15, 0.2) is 0 Å². The molecule has 5 rings (SSSR count). The number of rotatable bonds is 9. The van der Waals surface area contributed by atoms with Crippen molar-refractivity contribution in [1.82, 2.24) is 4.98 Å². The van der Waals surface area contributed by atoms with Crippen molar-refractivity contribution in [3.05, 3.63) is 99.9 Å². The zero-order valence-electron chi connectivity index (χ0n) is 22.1. The zero-order chi connectivity index (χ0) is 26.5. The number of hydrogen-bond donors (Lipinski definition) is 1. The molecule has 0 radical (unpaired) electrons. The van der Waals surface area contributed by atoms with Crippen molar-refractivity contribution < 1.29 is 9.90 Å². The average molecular weight is 526 g/mol. The number of aromatic carboxylic acids is 1. The van der Waals surface area contributed by atoms with Gasteiger partial charge >= 0.3 is 5.97 Å². The van der Waals surface area contributed by atoms with Crippen molar-refractivity contribution in [2.24, 2.45) is 0 Å². The van der Waals surface area contributed by atoms with Gasteiger partial charge in [0.25, 0.3) is 0 Å². The summed E-state index contributed by atoms with van der Waals surface area (Å²) in [5.74, 6) is -0.162. The molecule has 0 bridgehead atoms. The van der Waals surface area contributed by atoms with Crippen molar-refractivity contribution in [2.45, 2.75) is 51.1 Å². The van der Waals surface area contributed by atoms with Crippen molar-refractivity contribution in [2.75, 3.05) is 23.9 Å². The van der Waals surface area contributed by atoms with Gasteiger partial charge in [-0.15, -0.1) is 11.3 Å². The third kappa shape index (κ3) is 6.25. The molecular weight excluding hydrogens is 490 g/mol. The number of carboxylic acid groups (broad SMARTS) is 1. The van der Waals surface area contributed by atoms with Crippen LogP contribution < -0.4 is 9.80 Å². The number of benzene rings is 3. The molecule has 38 heavy (non-hydrogen) atoms. The first-order chi connectivity index (χ1) is 18.5. The summed E-state index contributed by atoms with van der Waals surface area (Å²) >= 11 is 1.64. The summed E-state index contributed by atoms with van der Waals surface area (Å²) in [7, 11) is 4.13. The number of anilines is 2. The number of carboxylic acids is 1. The fourth-order valence-electron chi connectivity index (χ4n) is 5.25. The number of carbonyl (C=O) groups is 1. The molecular formula is C32H35N3O2S. The van der Waals surface area contributed by atoms with Crippen LogP contribution in [-0.2, 0) is 13.1 Å². The Balaban J connectivity index is 1.18. The Kier molecular flexibility index (Phi) is 8.08. The van der Waals surface area contributed by atoms with Crippen LogP contribution in [0.15, 0.2) is 78.2 Å². The third-order valence-corrected chi connectivity index (χ3v) is 8.39. The normalized spacial score (nSPS) is 13.8. The fraction of sp³-hybridized carbons (Fsp3) is 0.312. The molecule has 1 fully saturated rings.